The van der Waals surface area contributed by atoms with Crippen LogP contribution in [-0.4, -0.2) is 28.1 Å². The Hall–Kier alpha value is -1.85. The fraction of sp³-hybridized carbons (Fsp3) is 0.615. The Kier molecular flexibility index (Phi) is 6.05. The number of nitrogens with one attached hydrogen (secondary N) is 2. The topological polar surface area (TPSA) is 76.0 Å². The van der Waals surface area contributed by atoms with Gasteiger partial charge >= 0.3 is 0 Å². The first-order chi connectivity index (χ1) is 9.12. The van der Waals surface area contributed by atoms with Crippen molar-refractivity contribution in [3.63, 3.8) is 0 Å². The van der Waals surface area contributed by atoms with Gasteiger partial charge in [-0.25, -0.2) is 0 Å². The molecule has 0 aromatic carbocycles. The quantitative estimate of drug-likeness (QED) is 0.790. The molecule has 0 unspecified atom stereocenters. The molecule has 1 heterocycles. The van der Waals surface area contributed by atoms with E-state index in [1.165, 1.54) is 0 Å². The molecule has 6 nitrogen and oxygen atoms in total. The molecule has 1 aromatic heterocycles. The fourth-order valence-corrected chi connectivity index (χ4v) is 1.60. The number of carbonyl (C=O) groups excluding carboxylic acids is 2. The van der Waals surface area contributed by atoms with Gasteiger partial charge in [-0.15, -0.1) is 0 Å². The fourth-order valence-electron chi connectivity index (χ4n) is 1.60. The lowest BCUT2D eigenvalue weighted by Gasteiger charge is -2.04. The van der Waals surface area contributed by atoms with E-state index in [1.54, 1.807) is 10.9 Å². The maximum Gasteiger partial charge on any atom is 0.273 e. The van der Waals surface area contributed by atoms with Crippen molar-refractivity contribution in [3.05, 3.63) is 11.9 Å². The Morgan fingerprint density at radius 2 is 2.00 bits per heavy atom. The molecule has 0 aliphatic heterocycles. The molecular formula is C13H22N4O2. The van der Waals surface area contributed by atoms with E-state index in [2.05, 4.69) is 15.7 Å². The molecule has 6 heteroatoms. The summed E-state index contributed by atoms with van der Waals surface area (Å²) in [6, 6.07) is 0. The number of anilines is 1. The Labute approximate surface area is 113 Å². The average Bonchev–Trinajstić information content (AvgIpc) is 2.79. The Morgan fingerprint density at radius 1 is 1.26 bits per heavy atom. The maximum absolute atomic E-state index is 12.0. The first-order valence-electron chi connectivity index (χ1n) is 6.77. The SMILES string of the molecule is CCCNC(=O)c1nn(CC)cc1NC(=O)CCC. The minimum atomic E-state index is -0.249. The van der Waals surface area contributed by atoms with Gasteiger partial charge in [0.1, 0.15) is 0 Å². The molecule has 106 valence electrons. The van der Waals surface area contributed by atoms with Gasteiger partial charge in [0.2, 0.25) is 5.91 Å². The highest BCUT2D eigenvalue weighted by atomic mass is 16.2. The van der Waals surface area contributed by atoms with E-state index in [0.717, 1.165) is 12.8 Å². The van der Waals surface area contributed by atoms with Gasteiger partial charge in [0.25, 0.3) is 5.91 Å². The number of amides is 2. The van der Waals surface area contributed by atoms with Gasteiger partial charge in [-0.05, 0) is 19.8 Å². The minimum absolute atomic E-state index is 0.0947. The molecule has 0 atom stereocenters. The van der Waals surface area contributed by atoms with Crippen LogP contribution in [0.5, 0.6) is 0 Å². The molecular weight excluding hydrogens is 244 g/mol. The molecule has 0 bridgehead atoms. The number of hydrogen-bond acceptors (Lipinski definition) is 3. The average molecular weight is 266 g/mol. The molecule has 1 rings (SSSR count). The van der Waals surface area contributed by atoms with Crippen LogP contribution in [0.25, 0.3) is 0 Å². The van der Waals surface area contributed by atoms with Crippen molar-refractivity contribution in [3.8, 4) is 0 Å². The number of rotatable bonds is 7. The normalized spacial score (nSPS) is 10.3. The molecule has 0 fully saturated rings. The van der Waals surface area contributed by atoms with Crippen molar-refractivity contribution in [1.29, 1.82) is 0 Å². The highest BCUT2D eigenvalue weighted by Crippen LogP contribution is 2.14. The highest BCUT2D eigenvalue weighted by molar-refractivity contribution is 6.02. The summed E-state index contributed by atoms with van der Waals surface area (Å²) in [5, 5.41) is 9.69. The molecule has 2 amide bonds. The molecule has 0 aliphatic carbocycles. The van der Waals surface area contributed by atoms with Crippen molar-refractivity contribution in [2.75, 3.05) is 11.9 Å². The minimum Gasteiger partial charge on any atom is -0.351 e. The Morgan fingerprint density at radius 3 is 2.58 bits per heavy atom. The van der Waals surface area contributed by atoms with Gasteiger partial charge in [0.05, 0.1) is 5.69 Å². The van der Waals surface area contributed by atoms with Crippen LogP contribution in [0.15, 0.2) is 6.20 Å². The van der Waals surface area contributed by atoms with Crippen LogP contribution in [0.2, 0.25) is 0 Å². The first kappa shape index (κ1) is 15.2. The van der Waals surface area contributed by atoms with Crippen molar-refractivity contribution in [2.24, 2.45) is 0 Å². The summed E-state index contributed by atoms with van der Waals surface area (Å²) < 4.78 is 1.64. The van der Waals surface area contributed by atoms with E-state index >= 15 is 0 Å². The van der Waals surface area contributed by atoms with Crippen molar-refractivity contribution in [1.82, 2.24) is 15.1 Å². The lowest BCUT2D eigenvalue weighted by molar-refractivity contribution is -0.116. The molecule has 0 saturated carbocycles. The largest absolute Gasteiger partial charge is 0.351 e. The summed E-state index contributed by atoms with van der Waals surface area (Å²) >= 11 is 0. The predicted octanol–water partition coefficient (Wildman–Crippen LogP) is 1.78. The Balaban J connectivity index is 2.86. The van der Waals surface area contributed by atoms with E-state index in [1.807, 2.05) is 20.8 Å². The predicted molar refractivity (Wildman–Crippen MR) is 74.1 cm³/mol. The monoisotopic (exact) mass is 266 g/mol. The zero-order valence-electron chi connectivity index (χ0n) is 11.8. The lowest BCUT2D eigenvalue weighted by atomic mass is 10.3. The third kappa shape index (κ3) is 4.39. The van der Waals surface area contributed by atoms with Gasteiger partial charge < -0.3 is 10.6 Å². The Bertz CT molecular complexity index is 440. The summed E-state index contributed by atoms with van der Waals surface area (Å²) in [7, 11) is 0. The molecule has 0 aliphatic rings. The van der Waals surface area contributed by atoms with Crippen LogP contribution < -0.4 is 10.6 Å². The second-order valence-corrected chi connectivity index (χ2v) is 4.30. The van der Waals surface area contributed by atoms with Crippen LogP contribution in [0, 0.1) is 0 Å². The standard InChI is InChI=1S/C13H22N4O2/c1-4-7-11(18)15-10-9-17(6-3)16-12(10)13(19)14-8-5-2/h9H,4-8H2,1-3H3,(H,14,19)(H,15,18). The molecule has 0 saturated heterocycles. The third-order valence-electron chi connectivity index (χ3n) is 2.59. The van der Waals surface area contributed by atoms with E-state index in [4.69, 9.17) is 0 Å². The highest BCUT2D eigenvalue weighted by Gasteiger charge is 2.17. The van der Waals surface area contributed by atoms with Gasteiger partial charge in [0.15, 0.2) is 5.69 Å². The molecule has 0 spiro atoms. The van der Waals surface area contributed by atoms with Crippen LogP contribution in [0.1, 0.15) is 50.5 Å². The molecule has 0 radical (unpaired) electrons. The second-order valence-electron chi connectivity index (χ2n) is 4.30. The summed E-state index contributed by atoms with van der Waals surface area (Å²) in [4.78, 5) is 23.6. The first-order valence-corrected chi connectivity index (χ1v) is 6.77. The van der Waals surface area contributed by atoms with Gasteiger partial charge in [-0.1, -0.05) is 13.8 Å². The lowest BCUT2D eigenvalue weighted by Crippen LogP contribution is -2.26. The summed E-state index contributed by atoms with van der Waals surface area (Å²) in [6.07, 6.45) is 3.75. The van der Waals surface area contributed by atoms with E-state index in [9.17, 15) is 9.59 Å². The van der Waals surface area contributed by atoms with Gasteiger partial charge in [-0.3, -0.25) is 14.3 Å². The third-order valence-corrected chi connectivity index (χ3v) is 2.59. The van der Waals surface area contributed by atoms with E-state index in [-0.39, 0.29) is 17.5 Å². The summed E-state index contributed by atoms with van der Waals surface area (Å²) in [5.74, 6) is -0.344. The summed E-state index contributed by atoms with van der Waals surface area (Å²) in [6.45, 7) is 7.09. The number of hydrogen-bond donors (Lipinski definition) is 2. The zero-order chi connectivity index (χ0) is 14.3. The molecule has 1 aromatic rings. The van der Waals surface area contributed by atoms with Crippen molar-refractivity contribution >= 4 is 17.5 Å². The number of nitrogens with zero attached hydrogens (tertiary/aromatic N) is 2. The zero-order valence-corrected chi connectivity index (χ0v) is 11.8. The van der Waals surface area contributed by atoms with Gasteiger partial charge in [0, 0.05) is 25.7 Å². The van der Waals surface area contributed by atoms with E-state index in [0.29, 0.717) is 25.2 Å². The van der Waals surface area contributed by atoms with Crippen LogP contribution >= 0.6 is 0 Å². The number of aromatic nitrogens is 2. The molecule has 19 heavy (non-hydrogen) atoms. The number of carbonyl (C=O) groups is 2. The van der Waals surface area contributed by atoms with Crippen LogP contribution in [-0.2, 0) is 11.3 Å². The maximum atomic E-state index is 12.0. The van der Waals surface area contributed by atoms with Crippen molar-refractivity contribution in [2.45, 2.75) is 46.6 Å². The second kappa shape index (κ2) is 7.56. The van der Waals surface area contributed by atoms with Crippen molar-refractivity contribution < 1.29 is 9.59 Å². The summed E-state index contributed by atoms with van der Waals surface area (Å²) in [5.41, 5.74) is 0.758. The number of aryl methyl sites for hydroxylation is 1. The smallest absolute Gasteiger partial charge is 0.273 e. The van der Waals surface area contributed by atoms with Crippen LogP contribution in [0.3, 0.4) is 0 Å². The molecule has 2 N–H and O–H groups in total. The van der Waals surface area contributed by atoms with E-state index < -0.39 is 0 Å². The van der Waals surface area contributed by atoms with Gasteiger partial charge in [-0.2, -0.15) is 5.10 Å². The van der Waals surface area contributed by atoms with Crippen LogP contribution in [0.4, 0.5) is 5.69 Å².